The fraction of sp³-hybridized carbons (Fsp3) is 0.158. The number of nitrogens with zero attached hydrogens (tertiary/aromatic N) is 3. The molecule has 4 aromatic rings. The van der Waals surface area contributed by atoms with Crippen LogP contribution in [-0.4, -0.2) is 14.4 Å². The molecule has 3 heteroatoms. The van der Waals surface area contributed by atoms with Crippen LogP contribution in [-0.2, 0) is 0 Å². The lowest BCUT2D eigenvalue weighted by atomic mass is 10.2. The molecule has 2 aromatic carbocycles. The van der Waals surface area contributed by atoms with Crippen molar-refractivity contribution in [1.82, 2.24) is 14.4 Å². The Morgan fingerprint density at radius 1 is 0.818 bits per heavy atom. The number of aryl methyl sites for hydroxylation is 1. The fourth-order valence-electron chi connectivity index (χ4n) is 2.56. The van der Waals surface area contributed by atoms with Gasteiger partial charge in [-0.15, -0.1) is 0 Å². The van der Waals surface area contributed by atoms with Gasteiger partial charge in [-0.05, 0) is 19.1 Å². The molecule has 110 valence electrons. The van der Waals surface area contributed by atoms with Gasteiger partial charge in [-0.3, -0.25) is 4.40 Å². The minimum atomic E-state index is 0.919. The third-order valence-corrected chi connectivity index (χ3v) is 3.53. The molecule has 0 amide bonds. The zero-order chi connectivity index (χ0) is 15.5. The maximum Gasteiger partial charge on any atom is 0.159 e. The number of benzene rings is 2. The van der Waals surface area contributed by atoms with Crippen molar-refractivity contribution in [3.05, 3.63) is 66.5 Å². The molecule has 0 spiro atoms. The monoisotopic (exact) mass is 289 g/mol. The number of para-hydroxylation sites is 2. The quantitative estimate of drug-likeness (QED) is 0.499. The Balaban J connectivity index is 0.000000693. The van der Waals surface area contributed by atoms with Crippen LogP contribution in [0.5, 0.6) is 0 Å². The molecule has 0 saturated heterocycles. The second-order valence-corrected chi connectivity index (χ2v) is 4.87. The summed E-state index contributed by atoms with van der Waals surface area (Å²) in [6.07, 6.45) is 2.08. The topological polar surface area (TPSA) is 30.2 Å². The number of aromatic nitrogens is 3. The highest BCUT2D eigenvalue weighted by molar-refractivity contribution is 5.80. The Morgan fingerprint density at radius 2 is 1.50 bits per heavy atom. The summed E-state index contributed by atoms with van der Waals surface area (Å²) in [5, 5.41) is 0. The van der Waals surface area contributed by atoms with Gasteiger partial charge in [0.15, 0.2) is 5.65 Å². The highest BCUT2D eigenvalue weighted by Crippen LogP contribution is 2.23. The van der Waals surface area contributed by atoms with E-state index in [9.17, 15) is 0 Å². The van der Waals surface area contributed by atoms with E-state index in [4.69, 9.17) is 4.98 Å². The predicted octanol–water partition coefficient (Wildman–Crippen LogP) is 4.88. The molecule has 3 nitrogen and oxygen atoms in total. The molecular weight excluding hydrogens is 270 g/mol. The number of fused-ring (bicyclic) bond motifs is 3. The van der Waals surface area contributed by atoms with Crippen LogP contribution in [0.2, 0.25) is 0 Å². The van der Waals surface area contributed by atoms with Crippen molar-refractivity contribution in [2.75, 3.05) is 0 Å². The van der Waals surface area contributed by atoms with Crippen molar-refractivity contribution in [2.45, 2.75) is 20.8 Å². The van der Waals surface area contributed by atoms with Crippen LogP contribution in [0.1, 0.15) is 19.5 Å². The molecule has 0 bridgehead atoms. The summed E-state index contributed by atoms with van der Waals surface area (Å²) >= 11 is 0. The summed E-state index contributed by atoms with van der Waals surface area (Å²) in [6.45, 7) is 6.00. The van der Waals surface area contributed by atoms with Crippen LogP contribution in [0.3, 0.4) is 0 Å². The predicted molar refractivity (Wildman–Crippen MR) is 92.0 cm³/mol. The Kier molecular flexibility index (Phi) is 3.88. The van der Waals surface area contributed by atoms with Gasteiger partial charge >= 0.3 is 0 Å². The van der Waals surface area contributed by atoms with E-state index >= 15 is 0 Å². The van der Waals surface area contributed by atoms with Crippen molar-refractivity contribution in [2.24, 2.45) is 0 Å². The summed E-state index contributed by atoms with van der Waals surface area (Å²) in [5.74, 6) is 0. The number of hydrogen-bond donors (Lipinski definition) is 0. The first-order chi connectivity index (χ1) is 10.8. The van der Waals surface area contributed by atoms with E-state index < -0.39 is 0 Å². The lowest BCUT2D eigenvalue weighted by Gasteiger charge is -2.02. The van der Waals surface area contributed by atoms with Crippen LogP contribution in [0.4, 0.5) is 0 Å². The molecule has 0 unspecified atom stereocenters. The molecular formula is C19H19N3. The van der Waals surface area contributed by atoms with Gasteiger partial charge < -0.3 is 0 Å². The molecule has 0 atom stereocenters. The van der Waals surface area contributed by atoms with Gasteiger partial charge in [0.05, 0.1) is 22.4 Å². The highest BCUT2D eigenvalue weighted by Gasteiger charge is 2.10. The molecule has 0 radical (unpaired) electrons. The van der Waals surface area contributed by atoms with E-state index in [0.717, 1.165) is 33.6 Å². The zero-order valence-corrected chi connectivity index (χ0v) is 13.1. The van der Waals surface area contributed by atoms with Crippen molar-refractivity contribution < 1.29 is 0 Å². The average Bonchev–Trinajstić information content (AvgIpc) is 3.04. The van der Waals surface area contributed by atoms with Crippen LogP contribution in [0.25, 0.3) is 27.9 Å². The number of hydrogen-bond acceptors (Lipinski definition) is 2. The standard InChI is InChI=1S/C17H13N3.C2H6/c1-12-17-19-15(13-7-3-2-4-8-13)11-20(17)16-10-6-5-9-14(16)18-12;1-2/h2-11H,1H3;1-2H3. The largest absolute Gasteiger partial charge is 0.296 e. The molecule has 0 fully saturated rings. The Labute approximate surface area is 130 Å². The SMILES string of the molecule is CC.Cc1nc2ccccc2n2cc(-c3ccccc3)nc12. The van der Waals surface area contributed by atoms with Gasteiger partial charge in [-0.2, -0.15) is 0 Å². The second kappa shape index (κ2) is 5.98. The van der Waals surface area contributed by atoms with Crippen molar-refractivity contribution in [1.29, 1.82) is 0 Å². The van der Waals surface area contributed by atoms with Crippen molar-refractivity contribution >= 4 is 16.7 Å². The summed E-state index contributed by atoms with van der Waals surface area (Å²) in [7, 11) is 0. The van der Waals surface area contributed by atoms with Crippen LogP contribution < -0.4 is 0 Å². The van der Waals surface area contributed by atoms with E-state index in [2.05, 4.69) is 33.8 Å². The highest BCUT2D eigenvalue weighted by atomic mass is 15.0. The maximum atomic E-state index is 4.73. The van der Waals surface area contributed by atoms with Gasteiger partial charge in [0.1, 0.15) is 0 Å². The van der Waals surface area contributed by atoms with E-state index in [0.29, 0.717) is 0 Å². The van der Waals surface area contributed by atoms with Crippen LogP contribution in [0.15, 0.2) is 60.8 Å². The second-order valence-electron chi connectivity index (χ2n) is 4.87. The van der Waals surface area contributed by atoms with Gasteiger partial charge in [0.25, 0.3) is 0 Å². The molecule has 0 aliphatic heterocycles. The fourth-order valence-corrected chi connectivity index (χ4v) is 2.56. The molecule has 4 rings (SSSR count). The third kappa shape index (κ3) is 2.35. The lowest BCUT2D eigenvalue weighted by Crippen LogP contribution is -1.93. The molecule has 0 N–H and O–H groups in total. The van der Waals surface area contributed by atoms with E-state index in [-0.39, 0.29) is 0 Å². The van der Waals surface area contributed by atoms with Crippen LogP contribution in [0, 0.1) is 6.92 Å². The Morgan fingerprint density at radius 3 is 2.27 bits per heavy atom. The van der Waals surface area contributed by atoms with Gasteiger partial charge in [0, 0.05) is 11.8 Å². The minimum absolute atomic E-state index is 0.919. The maximum absolute atomic E-state index is 4.73. The first-order valence-electron chi connectivity index (χ1n) is 7.63. The number of rotatable bonds is 1. The van der Waals surface area contributed by atoms with Gasteiger partial charge in [-0.25, -0.2) is 9.97 Å². The van der Waals surface area contributed by atoms with Gasteiger partial charge in [0.2, 0.25) is 0 Å². The van der Waals surface area contributed by atoms with Crippen LogP contribution >= 0.6 is 0 Å². The summed E-state index contributed by atoms with van der Waals surface area (Å²) in [6, 6.07) is 18.4. The van der Waals surface area contributed by atoms with Gasteiger partial charge in [-0.1, -0.05) is 56.3 Å². The van der Waals surface area contributed by atoms with E-state index in [1.165, 1.54) is 0 Å². The summed E-state index contributed by atoms with van der Waals surface area (Å²) < 4.78 is 2.12. The average molecular weight is 289 g/mol. The molecule has 0 saturated carbocycles. The van der Waals surface area contributed by atoms with Crippen molar-refractivity contribution in [3.8, 4) is 11.3 Å². The minimum Gasteiger partial charge on any atom is -0.296 e. The number of imidazole rings is 1. The lowest BCUT2D eigenvalue weighted by molar-refractivity contribution is 1.15. The molecule has 0 aliphatic rings. The molecule has 0 aliphatic carbocycles. The molecule has 2 aromatic heterocycles. The normalized spacial score (nSPS) is 10.5. The zero-order valence-electron chi connectivity index (χ0n) is 13.1. The van der Waals surface area contributed by atoms with E-state index in [1.54, 1.807) is 0 Å². The third-order valence-electron chi connectivity index (χ3n) is 3.53. The van der Waals surface area contributed by atoms with E-state index in [1.807, 2.05) is 57.2 Å². The summed E-state index contributed by atoms with van der Waals surface area (Å²) in [4.78, 5) is 9.36. The Bertz CT molecular complexity index is 908. The van der Waals surface area contributed by atoms with Crippen molar-refractivity contribution in [3.63, 3.8) is 0 Å². The smallest absolute Gasteiger partial charge is 0.159 e. The first-order valence-corrected chi connectivity index (χ1v) is 7.63. The first kappa shape index (κ1) is 14.3. The summed E-state index contributed by atoms with van der Waals surface area (Å²) in [5.41, 5.74) is 6.05. The Hall–Kier alpha value is -2.68. The molecule has 2 heterocycles. The molecule has 22 heavy (non-hydrogen) atoms.